The van der Waals surface area contributed by atoms with Crippen molar-refractivity contribution in [2.75, 3.05) is 5.73 Å². The zero-order valence-electron chi connectivity index (χ0n) is 16.8. The summed E-state index contributed by atoms with van der Waals surface area (Å²) in [6.07, 6.45) is 5.07. The molecule has 0 saturated heterocycles. The third-order valence-corrected chi connectivity index (χ3v) is 5.39. The maximum atomic E-state index is 14.8. The second-order valence-corrected chi connectivity index (χ2v) is 7.39. The quantitative estimate of drug-likeness (QED) is 0.523. The summed E-state index contributed by atoms with van der Waals surface area (Å²) in [7, 11) is 0. The average molecular weight is 404 g/mol. The van der Waals surface area contributed by atoms with Crippen LogP contribution in [0, 0.1) is 12.7 Å². The van der Waals surface area contributed by atoms with E-state index in [1.807, 2.05) is 42.8 Å². The Morgan fingerprint density at radius 2 is 2.00 bits per heavy atom. The van der Waals surface area contributed by atoms with E-state index in [2.05, 4.69) is 15.2 Å². The number of rotatable bonds is 1. The molecule has 8 heteroatoms. The molecule has 0 atom stereocenters. The fraction of sp³-hybridized carbons (Fsp3) is 0.227. The summed E-state index contributed by atoms with van der Waals surface area (Å²) >= 11 is 0. The molecule has 2 bridgehead atoms. The van der Waals surface area contributed by atoms with Crippen molar-refractivity contribution in [3.63, 3.8) is 0 Å². The maximum Gasteiger partial charge on any atom is 0.166 e. The number of aryl methyl sites for hydroxylation is 2. The van der Waals surface area contributed by atoms with Crippen molar-refractivity contribution in [3.8, 4) is 22.7 Å². The summed E-state index contributed by atoms with van der Waals surface area (Å²) in [5.41, 5.74) is 11.9. The summed E-state index contributed by atoms with van der Waals surface area (Å²) in [6.45, 7) is 4.94. The minimum Gasteiger partial charge on any atom is -0.485 e. The van der Waals surface area contributed by atoms with Gasteiger partial charge in [-0.25, -0.2) is 14.1 Å². The SMILES string of the molecule is CCn1ncc2c1-c1cnc(N)c(c1)OCc1cc(C)ccc1-n1ncc(F)c1C2. The minimum absolute atomic E-state index is 0.257. The number of nitrogens with two attached hydrogens (primary N) is 1. The highest BCUT2D eigenvalue weighted by molar-refractivity contribution is 5.67. The van der Waals surface area contributed by atoms with E-state index in [9.17, 15) is 4.39 Å². The van der Waals surface area contributed by atoms with Crippen LogP contribution >= 0.6 is 0 Å². The number of nitrogens with zero attached hydrogens (tertiary/aromatic N) is 5. The van der Waals surface area contributed by atoms with Crippen LogP contribution in [0.2, 0.25) is 0 Å². The van der Waals surface area contributed by atoms with Crippen LogP contribution in [0.5, 0.6) is 5.75 Å². The molecule has 0 saturated carbocycles. The zero-order valence-corrected chi connectivity index (χ0v) is 16.8. The molecular weight excluding hydrogens is 383 g/mol. The molecule has 0 amide bonds. The standard InChI is InChI=1S/C22H21FN6O/c1-3-28-21-14(10-26-28)7-19-17(23)11-27-29(19)18-5-4-13(2)6-16(18)12-30-20-8-15(21)9-25-22(20)24/h4-6,8-11H,3,7,12H2,1-2H3,(H2,24,25). The van der Waals surface area contributed by atoms with Gasteiger partial charge in [-0.3, -0.25) is 4.68 Å². The monoisotopic (exact) mass is 404 g/mol. The third-order valence-electron chi connectivity index (χ3n) is 5.39. The van der Waals surface area contributed by atoms with Crippen molar-refractivity contribution >= 4 is 5.82 Å². The lowest BCUT2D eigenvalue weighted by Gasteiger charge is -2.17. The van der Waals surface area contributed by atoms with Gasteiger partial charge in [-0.2, -0.15) is 10.2 Å². The van der Waals surface area contributed by atoms with E-state index in [4.69, 9.17) is 10.5 Å². The van der Waals surface area contributed by atoms with E-state index in [-0.39, 0.29) is 12.4 Å². The largest absolute Gasteiger partial charge is 0.485 e. The molecule has 0 radical (unpaired) electrons. The Kier molecular flexibility index (Phi) is 4.27. The topological polar surface area (TPSA) is 83.8 Å². The molecule has 0 fully saturated rings. The Labute approximate surface area is 172 Å². The minimum atomic E-state index is -0.356. The van der Waals surface area contributed by atoms with Crippen molar-refractivity contribution < 1.29 is 9.13 Å². The summed E-state index contributed by atoms with van der Waals surface area (Å²) in [5.74, 6) is 0.466. The molecular formula is C22H21FN6O. The van der Waals surface area contributed by atoms with E-state index < -0.39 is 0 Å². The van der Waals surface area contributed by atoms with Gasteiger partial charge in [0, 0.05) is 35.9 Å². The highest BCUT2D eigenvalue weighted by atomic mass is 19.1. The van der Waals surface area contributed by atoms with Gasteiger partial charge >= 0.3 is 0 Å². The smallest absolute Gasteiger partial charge is 0.166 e. The van der Waals surface area contributed by atoms with Crippen LogP contribution in [0.3, 0.4) is 0 Å². The summed E-state index contributed by atoms with van der Waals surface area (Å²) in [4.78, 5) is 4.33. The van der Waals surface area contributed by atoms with Gasteiger partial charge in [0.1, 0.15) is 6.61 Å². The number of hydrogen-bond donors (Lipinski definition) is 1. The number of aromatic nitrogens is 5. The van der Waals surface area contributed by atoms with Crippen LogP contribution in [0.1, 0.15) is 29.3 Å². The summed E-state index contributed by atoms with van der Waals surface area (Å²) < 4.78 is 24.4. The van der Waals surface area contributed by atoms with Gasteiger partial charge in [0.05, 0.1) is 29.5 Å². The first kappa shape index (κ1) is 18.4. The lowest BCUT2D eigenvalue weighted by atomic mass is 10.0. The van der Waals surface area contributed by atoms with Crippen LogP contribution in [0.15, 0.2) is 42.9 Å². The van der Waals surface area contributed by atoms with E-state index >= 15 is 0 Å². The molecule has 30 heavy (non-hydrogen) atoms. The van der Waals surface area contributed by atoms with Crippen molar-refractivity contribution in [2.24, 2.45) is 0 Å². The molecule has 0 spiro atoms. The van der Waals surface area contributed by atoms with E-state index in [0.717, 1.165) is 33.6 Å². The molecule has 1 aromatic carbocycles. The van der Waals surface area contributed by atoms with E-state index in [0.29, 0.717) is 30.2 Å². The molecule has 1 aliphatic heterocycles. The van der Waals surface area contributed by atoms with Crippen molar-refractivity contribution in [3.05, 3.63) is 71.1 Å². The first-order valence-corrected chi connectivity index (χ1v) is 9.80. The highest BCUT2D eigenvalue weighted by Crippen LogP contribution is 2.33. The molecule has 5 rings (SSSR count). The maximum absolute atomic E-state index is 14.8. The fourth-order valence-corrected chi connectivity index (χ4v) is 3.92. The Morgan fingerprint density at radius 3 is 2.83 bits per heavy atom. The first-order chi connectivity index (χ1) is 14.5. The van der Waals surface area contributed by atoms with Crippen molar-refractivity contribution in [1.82, 2.24) is 24.5 Å². The van der Waals surface area contributed by atoms with Gasteiger partial charge in [0.2, 0.25) is 0 Å². The number of benzene rings is 1. The number of pyridine rings is 1. The number of halogens is 1. The number of hydrogen-bond acceptors (Lipinski definition) is 5. The number of anilines is 1. The Balaban J connectivity index is 1.79. The first-order valence-electron chi connectivity index (χ1n) is 9.80. The fourth-order valence-electron chi connectivity index (χ4n) is 3.92. The van der Waals surface area contributed by atoms with Crippen LogP contribution in [-0.2, 0) is 19.6 Å². The Bertz CT molecular complexity index is 1260. The highest BCUT2D eigenvalue weighted by Gasteiger charge is 2.22. The molecule has 0 aliphatic carbocycles. The van der Waals surface area contributed by atoms with Crippen LogP contribution in [0.25, 0.3) is 16.9 Å². The lowest BCUT2D eigenvalue weighted by Crippen LogP contribution is -2.11. The third kappa shape index (κ3) is 2.92. The van der Waals surface area contributed by atoms with Crippen LogP contribution < -0.4 is 10.5 Å². The van der Waals surface area contributed by atoms with Crippen molar-refractivity contribution in [2.45, 2.75) is 33.4 Å². The zero-order chi connectivity index (χ0) is 20.8. The molecule has 0 unspecified atom stereocenters. The predicted octanol–water partition coefficient (Wildman–Crippen LogP) is 3.66. The average Bonchev–Trinajstić information content (AvgIpc) is 3.31. The molecule has 2 N–H and O–H groups in total. The number of fused-ring (bicyclic) bond motifs is 7. The van der Waals surface area contributed by atoms with Crippen LogP contribution in [0.4, 0.5) is 10.2 Å². The Morgan fingerprint density at radius 1 is 1.13 bits per heavy atom. The summed E-state index contributed by atoms with van der Waals surface area (Å²) in [5, 5.41) is 8.81. The molecule has 152 valence electrons. The van der Waals surface area contributed by atoms with Gasteiger partial charge < -0.3 is 10.5 Å². The van der Waals surface area contributed by atoms with Gasteiger partial charge in [0.15, 0.2) is 17.4 Å². The number of nitrogen functional groups attached to an aromatic ring is 1. The van der Waals surface area contributed by atoms with Gasteiger partial charge in [0.25, 0.3) is 0 Å². The normalized spacial score (nSPS) is 12.8. The van der Waals surface area contributed by atoms with E-state index in [1.165, 1.54) is 6.20 Å². The number of ether oxygens (including phenoxy) is 1. The Hall–Kier alpha value is -3.68. The van der Waals surface area contributed by atoms with E-state index in [1.54, 1.807) is 17.1 Å². The van der Waals surface area contributed by atoms with Crippen LogP contribution in [-0.4, -0.2) is 24.5 Å². The second-order valence-electron chi connectivity index (χ2n) is 7.39. The van der Waals surface area contributed by atoms with Crippen molar-refractivity contribution in [1.29, 1.82) is 0 Å². The summed E-state index contributed by atoms with van der Waals surface area (Å²) in [6, 6.07) is 7.80. The second kappa shape index (κ2) is 6.98. The van der Waals surface area contributed by atoms with Gasteiger partial charge in [-0.15, -0.1) is 0 Å². The molecule has 4 aromatic rings. The molecule has 3 aromatic heterocycles. The molecule has 4 heterocycles. The molecule has 7 nitrogen and oxygen atoms in total. The lowest BCUT2D eigenvalue weighted by molar-refractivity contribution is 0.306. The predicted molar refractivity (Wildman–Crippen MR) is 111 cm³/mol. The molecule has 1 aliphatic rings. The van der Waals surface area contributed by atoms with Gasteiger partial charge in [-0.1, -0.05) is 17.7 Å². The van der Waals surface area contributed by atoms with Gasteiger partial charge in [-0.05, 0) is 26.0 Å².